The lowest BCUT2D eigenvalue weighted by Gasteiger charge is -2.27. The maximum absolute atomic E-state index is 13.1. The topological polar surface area (TPSA) is 65.3 Å². The van der Waals surface area contributed by atoms with E-state index >= 15 is 0 Å². The van der Waals surface area contributed by atoms with Crippen LogP contribution >= 0.6 is 22.9 Å². The highest BCUT2D eigenvalue weighted by Crippen LogP contribution is 2.31. The molecular formula is C18H21ClN3O4S+. The molecule has 3 heterocycles. The number of fused-ring (bicyclic) bond motifs is 1. The summed E-state index contributed by atoms with van der Waals surface area (Å²) >= 11 is 7.54. The molecule has 4 rings (SSSR count). The minimum atomic E-state index is -0.229. The van der Waals surface area contributed by atoms with Gasteiger partial charge in [-0.15, -0.1) is 0 Å². The highest BCUT2D eigenvalue weighted by Gasteiger charge is 2.27. The summed E-state index contributed by atoms with van der Waals surface area (Å²) in [6.07, 6.45) is 1.39. The third-order valence-corrected chi connectivity index (χ3v) is 5.84. The predicted molar refractivity (Wildman–Crippen MR) is 103 cm³/mol. The van der Waals surface area contributed by atoms with Crippen LogP contribution < -0.4 is 9.80 Å². The maximum atomic E-state index is 13.1. The molecule has 0 atom stereocenters. The number of rotatable bonds is 5. The number of carbonyl (C=O) groups excluding carboxylic acids is 1. The minimum Gasteiger partial charge on any atom is -0.494 e. The van der Waals surface area contributed by atoms with Crippen LogP contribution in [0.15, 0.2) is 30.2 Å². The molecule has 0 aliphatic carbocycles. The molecular weight excluding hydrogens is 390 g/mol. The Kier molecular flexibility index (Phi) is 5.77. The summed E-state index contributed by atoms with van der Waals surface area (Å²) in [5.41, 5.74) is 0.825. The van der Waals surface area contributed by atoms with E-state index in [0.29, 0.717) is 29.9 Å². The fourth-order valence-electron chi connectivity index (χ4n) is 3.08. The van der Waals surface area contributed by atoms with Crippen molar-refractivity contribution in [1.82, 2.24) is 4.98 Å². The number of amides is 1. The Morgan fingerprint density at radius 1 is 1.26 bits per heavy atom. The molecule has 1 fully saturated rings. The molecule has 0 unspecified atom stereocenters. The average molecular weight is 411 g/mol. The largest absolute Gasteiger partial charge is 0.494 e. The smallest absolute Gasteiger partial charge is 0.298 e. The minimum absolute atomic E-state index is 0.218. The molecule has 27 heavy (non-hydrogen) atoms. The van der Waals surface area contributed by atoms with Gasteiger partial charge in [-0.25, -0.2) is 4.98 Å². The Bertz CT molecular complexity index is 850. The van der Waals surface area contributed by atoms with Gasteiger partial charge in [0.25, 0.3) is 5.91 Å². The normalized spacial score (nSPS) is 17.9. The van der Waals surface area contributed by atoms with Crippen molar-refractivity contribution in [3.63, 3.8) is 0 Å². The van der Waals surface area contributed by atoms with Crippen LogP contribution in [0.25, 0.3) is 10.2 Å². The van der Waals surface area contributed by atoms with Crippen LogP contribution in [0.3, 0.4) is 0 Å². The summed E-state index contributed by atoms with van der Waals surface area (Å²) in [6.45, 7) is 5.59. The molecule has 144 valence electrons. The van der Waals surface area contributed by atoms with Crippen molar-refractivity contribution in [3.8, 4) is 0 Å². The standard InChI is InChI=1S/C18H20ClN3O4S/c19-13-1-2-14-16(11-13)27-18(20-14)22(4-3-21-5-7-24-8-6-21)17(23)15-12-25-9-10-26-15/h1-2,11-12H,3-10H2/p+1. The van der Waals surface area contributed by atoms with Crippen molar-refractivity contribution in [3.05, 3.63) is 35.2 Å². The van der Waals surface area contributed by atoms with Crippen LogP contribution in [-0.4, -0.2) is 63.5 Å². The van der Waals surface area contributed by atoms with Gasteiger partial charge in [-0.3, -0.25) is 9.69 Å². The van der Waals surface area contributed by atoms with Crippen LogP contribution in [0.5, 0.6) is 0 Å². The van der Waals surface area contributed by atoms with Gasteiger partial charge in [0.1, 0.15) is 32.6 Å². The number of quaternary nitrogens is 1. The highest BCUT2D eigenvalue weighted by molar-refractivity contribution is 7.22. The molecule has 0 bridgehead atoms. The first-order chi connectivity index (χ1) is 13.2. The van der Waals surface area contributed by atoms with E-state index in [2.05, 4.69) is 4.98 Å². The molecule has 1 aromatic heterocycles. The number of anilines is 1. The highest BCUT2D eigenvalue weighted by atomic mass is 35.5. The first kappa shape index (κ1) is 18.5. The molecule has 0 radical (unpaired) electrons. The summed E-state index contributed by atoms with van der Waals surface area (Å²) in [6, 6.07) is 5.54. The Labute approximate surface area is 166 Å². The van der Waals surface area contributed by atoms with Gasteiger partial charge in [-0.2, -0.15) is 0 Å². The Morgan fingerprint density at radius 3 is 2.89 bits per heavy atom. The number of nitrogens with zero attached hydrogens (tertiary/aromatic N) is 2. The lowest BCUT2D eigenvalue weighted by molar-refractivity contribution is -0.906. The number of nitrogens with one attached hydrogen (secondary N) is 1. The molecule has 0 saturated carbocycles. The lowest BCUT2D eigenvalue weighted by atomic mass is 10.3. The van der Waals surface area contributed by atoms with E-state index in [4.69, 9.17) is 25.8 Å². The summed E-state index contributed by atoms with van der Waals surface area (Å²) in [5.74, 6) is -0.0111. The van der Waals surface area contributed by atoms with Crippen LogP contribution in [0.1, 0.15) is 0 Å². The maximum Gasteiger partial charge on any atom is 0.298 e. The third kappa shape index (κ3) is 4.35. The number of hydrogen-bond donors (Lipinski definition) is 1. The van der Waals surface area contributed by atoms with Crippen molar-refractivity contribution in [2.45, 2.75) is 0 Å². The van der Waals surface area contributed by atoms with E-state index in [1.54, 1.807) is 11.0 Å². The summed E-state index contributed by atoms with van der Waals surface area (Å²) < 4.78 is 17.1. The van der Waals surface area contributed by atoms with Gasteiger partial charge in [-0.05, 0) is 18.2 Å². The Hall–Kier alpha value is -1.87. The second-order valence-electron chi connectivity index (χ2n) is 6.38. The number of halogens is 1. The van der Waals surface area contributed by atoms with Crippen LogP contribution in [-0.2, 0) is 19.0 Å². The first-order valence-corrected chi connectivity index (χ1v) is 10.1. The number of carbonyl (C=O) groups is 1. The van der Waals surface area contributed by atoms with Crippen molar-refractivity contribution in [2.24, 2.45) is 0 Å². The quantitative estimate of drug-likeness (QED) is 0.799. The Balaban J connectivity index is 1.59. The van der Waals surface area contributed by atoms with E-state index in [1.165, 1.54) is 22.5 Å². The zero-order valence-electron chi connectivity index (χ0n) is 14.8. The van der Waals surface area contributed by atoms with Gasteiger partial charge in [0.05, 0.1) is 36.5 Å². The van der Waals surface area contributed by atoms with Crippen LogP contribution in [0.2, 0.25) is 5.02 Å². The zero-order valence-corrected chi connectivity index (χ0v) is 16.4. The van der Waals surface area contributed by atoms with Gasteiger partial charge in [0.15, 0.2) is 5.13 Å². The van der Waals surface area contributed by atoms with Gasteiger partial charge in [0, 0.05) is 5.02 Å². The van der Waals surface area contributed by atoms with E-state index in [1.807, 2.05) is 12.1 Å². The molecule has 9 heteroatoms. The van der Waals surface area contributed by atoms with Gasteiger partial charge in [0.2, 0.25) is 5.76 Å². The van der Waals surface area contributed by atoms with E-state index in [0.717, 1.165) is 43.1 Å². The SMILES string of the molecule is O=C(C1=COCCO1)N(CC[NH+]1CCOCC1)c1nc2ccc(Cl)cc2s1. The van der Waals surface area contributed by atoms with Gasteiger partial charge >= 0.3 is 0 Å². The third-order valence-electron chi connectivity index (χ3n) is 4.56. The molecule has 0 spiro atoms. The van der Waals surface area contributed by atoms with Crippen molar-refractivity contribution in [1.29, 1.82) is 0 Å². The lowest BCUT2D eigenvalue weighted by Crippen LogP contribution is -3.14. The Morgan fingerprint density at radius 2 is 2.11 bits per heavy atom. The zero-order chi connectivity index (χ0) is 18.6. The van der Waals surface area contributed by atoms with Crippen LogP contribution in [0.4, 0.5) is 5.13 Å². The molecule has 7 nitrogen and oxygen atoms in total. The summed E-state index contributed by atoms with van der Waals surface area (Å²) in [7, 11) is 0. The van der Waals surface area contributed by atoms with Gasteiger partial charge < -0.3 is 19.1 Å². The van der Waals surface area contributed by atoms with E-state index < -0.39 is 0 Å². The number of morpholine rings is 1. The second-order valence-corrected chi connectivity index (χ2v) is 7.82. The van der Waals surface area contributed by atoms with Crippen molar-refractivity contribution < 1.29 is 23.9 Å². The molecule has 1 amide bonds. The molecule has 1 aromatic carbocycles. The second kappa shape index (κ2) is 8.43. The molecule has 2 aliphatic rings. The van der Waals surface area contributed by atoms with E-state index in [9.17, 15) is 4.79 Å². The van der Waals surface area contributed by atoms with Crippen molar-refractivity contribution in [2.75, 3.05) is 57.5 Å². The average Bonchev–Trinajstić information content (AvgIpc) is 3.12. The van der Waals surface area contributed by atoms with E-state index in [-0.39, 0.29) is 11.7 Å². The number of ether oxygens (including phenoxy) is 3. The van der Waals surface area contributed by atoms with Crippen molar-refractivity contribution >= 4 is 44.2 Å². The number of hydrogen-bond acceptors (Lipinski definition) is 6. The fraction of sp³-hybridized carbons (Fsp3) is 0.444. The molecule has 2 aromatic rings. The number of benzene rings is 1. The first-order valence-electron chi connectivity index (χ1n) is 8.94. The summed E-state index contributed by atoms with van der Waals surface area (Å²) in [5, 5.41) is 1.29. The number of aromatic nitrogens is 1. The van der Waals surface area contributed by atoms with Gasteiger partial charge in [-0.1, -0.05) is 22.9 Å². The monoisotopic (exact) mass is 410 g/mol. The fourth-order valence-corrected chi connectivity index (χ4v) is 4.35. The van der Waals surface area contributed by atoms with Crippen LogP contribution in [0, 0.1) is 0 Å². The molecule has 2 aliphatic heterocycles. The summed E-state index contributed by atoms with van der Waals surface area (Å²) in [4.78, 5) is 20.8. The molecule has 1 N–H and O–H groups in total. The predicted octanol–water partition coefficient (Wildman–Crippen LogP) is 1.09. The number of thiazole rings is 1. The molecule has 1 saturated heterocycles.